The summed E-state index contributed by atoms with van der Waals surface area (Å²) >= 11 is 0. The Morgan fingerprint density at radius 3 is 2.55 bits per heavy atom. The molecule has 1 amide bonds. The van der Waals surface area contributed by atoms with Crippen molar-refractivity contribution in [3.05, 3.63) is 17.7 Å². The minimum absolute atomic E-state index is 0.363. The van der Waals surface area contributed by atoms with Gasteiger partial charge in [0.2, 0.25) is 0 Å². The third-order valence-corrected chi connectivity index (χ3v) is 3.36. The van der Waals surface area contributed by atoms with Gasteiger partial charge in [0.05, 0.1) is 24.0 Å². The Labute approximate surface area is 116 Å². The van der Waals surface area contributed by atoms with Crippen molar-refractivity contribution >= 4 is 17.5 Å². The molecule has 0 spiro atoms. The molecule has 1 heterocycles. The van der Waals surface area contributed by atoms with Crippen LogP contribution in [-0.4, -0.2) is 49.4 Å². The van der Waals surface area contributed by atoms with E-state index in [1.54, 1.807) is 12.1 Å². The average Bonchev–Trinajstić information content (AvgIpc) is 2.46. The van der Waals surface area contributed by atoms with E-state index in [-0.39, 0.29) is 0 Å². The Balaban J connectivity index is 2.27. The Morgan fingerprint density at radius 1 is 1.40 bits per heavy atom. The molecular formula is C13H16N4O3. The summed E-state index contributed by atoms with van der Waals surface area (Å²) in [5.41, 5.74) is 7.31. The van der Waals surface area contributed by atoms with Crippen molar-refractivity contribution in [3.8, 4) is 11.8 Å². The predicted molar refractivity (Wildman–Crippen MR) is 73.9 cm³/mol. The second kappa shape index (κ2) is 5.57. The van der Waals surface area contributed by atoms with Crippen molar-refractivity contribution in [2.75, 3.05) is 43.9 Å². The minimum Gasteiger partial charge on any atom is -0.497 e. The lowest BCUT2D eigenvalue weighted by Crippen LogP contribution is -2.48. The number of carbonyl (C=O) groups is 1. The molecule has 2 rings (SSSR count). The van der Waals surface area contributed by atoms with Gasteiger partial charge in [0.15, 0.2) is 0 Å². The van der Waals surface area contributed by atoms with Crippen LogP contribution in [0.2, 0.25) is 0 Å². The Morgan fingerprint density at radius 2 is 2.05 bits per heavy atom. The largest absolute Gasteiger partial charge is 0.497 e. The van der Waals surface area contributed by atoms with Crippen molar-refractivity contribution < 1.29 is 14.6 Å². The smallest absolute Gasteiger partial charge is 0.407 e. The van der Waals surface area contributed by atoms with E-state index in [4.69, 9.17) is 15.6 Å². The number of hydrogen-bond donors (Lipinski definition) is 2. The van der Waals surface area contributed by atoms with Gasteiger partial charge in [-0.1, -0.05) is 0 Å². The third-order valence-electron chi connectivity index (χ3n) is 3.36. The maximum atomic E-state index is 10.9. The van der Waals surface area contributed by atoms with Crippen LogP contribution in [0.4, 0.5) is 16.2 Å². The number of nitrogens with two attached hydrogens (primary N) is 1. The van der Waals surface area contributed by atoms with Gasteiger partial charge >= 0.3 is 6.09 Å². The van der Waals surface area contributed by atoms with Gasteiger partial charge in [-0.3, -0.25) is 0 Å². The van der Waals surface area contributed by atoms with E-state index in [0.29, 0.717) is 48.9 Å². The standard InChI is InChI=1S/C13H16N4O3/c1-20-9-6-11(15)10(8-14)12(7-9)16-2-4-17(5-3-16)13(18)19/h6-7H,2-5,15H2,1H3,(H,18,19). The molecule has 106 valence electrons. The fourth-order valence-corrected chi connectivity index (χ4v) is 2.25. The number of benzene rings is 1. The summed E-state index contributed by atoms with van der Waals surface area (Å²) in [4.78, 5) is 14.2. The summed E-state index contributed by atoms with van der Waals surface area (Å²) < 4.78 is 5.16. The maximum absolute atomic E-state index is 10.9. The van der Waals surface area contributed by atoms with E-state index in [1.807, 2.05) is 4.90 Å². The number of carboxylic acid groups (broad SMARTS) is 1. The van der Waals surface area contributed by atoms with Gasteiger partial charge in [-0.2, -0.15) is 5.26 Å². The number of ether oxygens (including phenoxy) is 1. The number of hydrogen-bond acceptors (Lipinski definition) is 5. The highest BCUT2D eigenvalue weighted by molar-refractivity contribution is 5.73. The van der Waals surface area contributed by atoms with Crippen LogP contribution in [0.25, 0.3) is 0 Å². The van der Waals surface area contributed by atoms with Crippen LogP contribution < -0.4 is 15.4 Å². The fraction of sp³-hybridized carbons (Fsp3) is 0.385. The SMILES string of the molecule is COc1cc(N)c(C#N)c(N2CCN(C(=O)O)CC2)c1. The van der Waals surface area contributed by atoms with Gasteiger partial charge in [0.25, 0.3) is 0 Å². The second-order valence-corrected chi connectivity index (χ2v) is 4.48. The summed E-state index contributed by atoms with van der Waals surface area (Å²) in [7, 11) is 1.53. The lowest BCUT2D eigenvalue weighted by molar-refractivity contribution is 0.142. The molecule has 0 unspecified atom stereocenters. The van der Waals surface area contributed by atoms with Crippen LogP contribution in [0.15, 0.2) is 12.1 Å². The Kier molecular flexibility index (Phi) is 3.84. The van der Waals surface area contributed by atoms with Crippen LogP contribution in [0.3, 0.4) is 0 Å². The van der Waals surface area contributed by atoms with Crippen molar-refractivity contribution in [1.82, 2.24) is 4.90 Å². The molecule has 1 aliphatic rings. The van der Waals surface area contributed by atoms with Gasteiger partial charge in [0, 0.05) is 38.3 Å². The first-order chi connectivity index (χ1) is 9.56. The molecule has 0 aromatic heterocycles. The van der Waals surface area contributed by atoms with Crippen LogP contribution in [0.5, 0.6) is 5.75 Å². The molecule has 0 atom stereocenters. The summed E-state index contributed by atoms with van der Waals surface area (Å²) in [5, 5.41) is 18.2. The number of nitrogens with zero attached hydrogens (tertiary/aromatic N) is 3. The zero-order valence-corrected chi connectivity index (χ0v) is 11.2. The van der Waals surface area contributed by atoms with Gasteiger partial charge in [-0.25, -0.2) is 4.79 Å². The first-order valence-electron chi connectivity index (χ1n) is 6.17. The van der Waals surface area contributed by atoms with Crippen LogP contribution in [0, 0.1) is 11.3 Å². The molecule has 1 aromatic rings. The minimum atomic E-state index is -0.921. The zero-order valence-electron chi connectivity index (χ0n) is 11.2. The lowest BCUT2D eigenvalue weighted by Gasteiger charge is -2.35. The van der Waals surface area contributed by atoms with Gasteiger partial charge < -0.3 is 25.4 Å². The summed E-state index contributed by atoms with van der Waals surface area (Å²) in [6, 6.07) is 5.46. The van der Waals surface area contributed by atoms with Crippen LogP contribution in [-0.2, 0) is 0 Å². The molecule has 7 nitrogen and oxygen atoms in total. The number of amides is 1. The molecule has 3 N–H and O–H groups in total. The van der Waals surface area contributed by atoms with Gasteiger partial charge in [-0.05, 0) is 0 Å². The molecule has 1 saturated heterocycles. The zero-order chi connectivity index (χ0) is 14.7. The van der Waals surface area contributed by atoms with Crippen molar-refractivity contribution in [3.63, 3.8) is 0 Å². The summed E-state index contributed by atoms with van der Waals surface area (Å²) in [6.07, 6.45) is -0.921. The van der Waals surface area contributed by atoms with Crippen molar-refractivity contribution in [2.24, 2.45) is 0 Å². The number of piperazine rings is 1. The molecule has 0 bridgehead atoms. The highest BCUT2D eigenvalue weighted by Gasteiger charge is 2.23. The quantitative estimate of drug-likeness (QED) is 0.779. The maximum Gasteiger partial charge on any atom is 0.407 e. The van der Waals surface area contributed by atoms with Gasteiger partial charge in [-0.15, -0.1) is 0 Å². The third kappa shape index (κ3) is 2.54. The van der Waals surface area contributed by atoms with E-state index in [2.05, 4.69) is 6.07 Å². The van der Waals surface area contributed by atoms with E-state index >= 15 is 0 Å². The fourth-order valence-electron chi connectivity index (χ4n) is 2.25. The molecule has 20 heavy (non-hydrogen) atoms. The van der Waals surface area contributed by atoms with Crippen LogP contribution in [0.1, 0.15) is 5.56 Å². The average molecular weight is 276 g/mol. The normalized spacial score (nSPS) is 14.8. The molecule has 7 heteroatoms. The predicted octanol–water partition coefficient (Wildman–Crippen LogP) is 0.949. The number of anilines is 2. The number of nitrogen functional groups attached to an aromatic ring is 1. The molecule has 1 aliphatic heterocycles. The lowest BCUT2D eigenvalue weighted by atomic mass is 10.1. The first kappa shape index (κ1) is 13.8. The van der Waals surface area contributed by atoms with E-state index in [0.717, 1.165) is 0 Å². The number of methoxy groups -OCH3 is 1. The van der Waals surface area contributed by atoms with E-state index in [1.165, 1.54) is 12.0 Å². The second-order valence-electron chi connectivity index (χ2n) is 4.48. The highest BCUT2D eigenvalue weighted by atomic mass is 16.5. The van der Waals surface area contributed by atoms with E-state index < -0.39 is 6.09 Å². The number of nitriles is 1. The van der Waals surface area contributed by atoms with E-state index in [9.17, 15) is 10.1 Å². The molecular weight excluding hydrogens is 260 g/mol. The number of rotatable bonds is 2. The Hall–Kier alpha value is -2.62. The van der Waals surface area contributed by atoms with Gasteiger partial charge in [0.1, 0.15) is 11.8 Å². The molecule has 0 saturated carbocycles. The van der Waals surface area contributed by atoms with Crippen molar-refractivity contribution in [1.29, 1.82) is 5.26 Å². The Bertz CT molecular complexity index is 559. The molecule has 0 aliphatic carbocycles. The topological polar surface area (TPSA) is 103 Å². The molecule has 1 aromatic carbocycles. The molecule has 1 fully saturated rings. The first-order valence-corrected chi connectivity index (χ1v) is 6.17. The van der Waals surface area contributed by atoms with Crippen LogP contribution >= 0.6 is 0 Å². The summed E-state index contributed by atoms with van der Waals surface area (Å²) in [5.74, 6) is 0.581. The monoisotopic (exact) mass is 276 g/mol. The summed E-state index contributed by atoms with van der Waals surface area (Å²) in [6.45, 7) is 1.84. The highest BCUT2D eigenvalue weighted by Crippen LogP contribution is 2.31. The molecule has 0 radical (unpaired) electrons. The van der Waals surface area contributed by atoms with Crippen molar-refractivity contribution in [2.45, 2.75) is 0 Å².